The predicted molar refractivity (Wildman–Crippen MR) is 57.0 cm³/mol. The lowest BCUT2D eigenvalue weighted by molar-refractivity contribution is 0.102. The Kier molecular flexibility index (Phi) is 3.86. The SMILES string of the molecule is CC(=O)c1ccc(C=CCCN)s1. The summed E-state index contributed by atoms with van der Waals surface area (Å²) in [6.45, 7) is 2.25. The Morgan fingerprint density at radius 2 is 2.38 bits per heavy atom. The van der Waals surface area contributed by atoms with Crippen molar-refractivity contribution in [3.8, 4) is 0 Å². The quantitative estimate of drug-likeness (QED) is 0.749. The normalized spacial score (nSPS) is 10.9. The average molecular weight is 195 g/mol. The van der Waals surface area contributed by atoms with Gasteiger partial charge in [0.15, 0.2) is 5.78 Å². The number of Topliss-reactive ketones (excluding diaryl/α,β-unsaturated/α-hetero) is 1. The molecule has 1 rings (SSSR count). The van der Waals surface area contributed by atoms with Crippen molar-refractivity contribution in [2.45, 2.75) is 13.3 Å². The Hall–Kier alpha value is -0.930. The minimum atomic E-state index is 0.128. The van der Waals surface area contributed by atoms with E-state index in [9.17, 15) is 4.79 Å². The summed E-state index contributed by atoms with van der Waals surface area (Å²) in [7, 11) is 0. The molecular weight excluding hydrogens is 182 g/mol. The smallest absolute Gasteiger partial charge is 0.169 e. The van der Waals surface area contributed by atoms with Crippen molar-refractivity contribution in [2.75, 3.05) is 6.54 Å². The molecule has 0 bridgehead atoms. The van der Waals surface area contributed by atoms with Crippen molar-refractivity contribution >= 4 is 23.2 Å². The second-order valence-electron chi connectivity index (χ2n) is 2.74. The zero-order chi connectivity index (χ0) is 9.68. The van der Waals surface area contributed by atoms with E-state index in [2.05, 4.69) is 0 Å². The molecule has 2 N–H and O–H groups in total. The first-order valence-electron chi connectivity index (χ1n) is 4.21. The first-order chi connectivity index (χ1) is 6.24. The molecule has 70 valence electrons. The molecule has 1 aromatic heterocycles. The minimum Gasteiger partial charge on any atom is -0.330 e. The molecule has 0 saturated heterocycles. The number of nitrogens with two attached hydrogens (primary N) is 1. The van der Waals surface area contributed by atoms with Crippen LogP contribution in [-0.4, -0.2) is 12.3 Å². The van der Waals surface area contributed by atoms with E-state index < -0.39 is 0 Å². The Balaban J connectivity index is 2.64. The molecule has 2 nitrogen and oxygen atoms in total. The fourth-order valence-corrected chi connectivity index (χ4v) is 1.76. The lowest BCUT2D eigenvalue weighted by Gasteiger charge is -1.85. The third-order valence-electron chi connectivity index (χ3n) is 1.59. The van der Waals surface area contributed by atoms with Crippen LogP contribution in [0.1, 0.15) is 27.9 Å². The maximum absolute atomic E-state index is 11.0. The Morgan fingerprint density at radius 1 is 1.62 bits per heavy atom. The van der Waals surface area contributed by atoms with Gasteiger partial charge in [-0.05, 0) is 38.1 Å². The number of thiophene rings is 1. The van der Waals surface area contributed by atoms with Crippen molar-refractivity contribution in [1.82, 2.24) is 0 Å². The number of hydrogen-bond donors (Lipinski definition) is 1. The number of ketones is 1. The van der Waals surface area contributed by atoms with E-state index in [-0.39, 0.29) is 5.78 Å². The van der Waals surface area contributed by atoms with E-state index >= 15 is 0 Å². The highest BCUT2D eigenvalue weighted by Crippen LogP contribution is 2.18. The highest BCUT2D eigenvalue weighted by atomic mass is 32.1. The molecular formula is C10H13NOS. The molecule has 0 radical (unpaired) electrons. The predicted octanol–water partition coefficient (Wildman–Crippen LogP) is 2.31. The fraction of sp³-hybridized carbons (Fsp3) is 0.300. The van der Waals surface area contributed by atoms with Gasteiger partial charge in [-0.3, -0.25) is 4.79 Å². The Labute approximate surface area is 82.1 Å². The van der Waals surface area contributed by atoms with Crippen molar-refractivity contribution in [1.29, 1.82) is 0 Å². The summed E-state index contributed by atoms with van der Waals surface area (Å²) in [5, 5.41) is 0. The van der Waals surface area contributed by atoms with Gasteiger partial charge < -0.3 is 5.73 Å². The standard InChI is InChI=1S/C10H13NOS/c1-8(12)10-6-5-9(13-10)4-2-3-7-11/h2,4-6H,3,7,11H2,1H3. The fourth-order valence-electron chi connectivity index (χ4n) is 0.927. The van der Waals surface area contributed by atoms with Gasteiger partial charge in [0.25, 0.3) is 0 Å². The van der Waals surface area contributed by atoms with E-state index in [1.807, 2.05) is 24.3 Å². The molecule has 0 atom stereocenters. The lowest BCUT2D eigenvalue weighted by Crippen LogP contribution is -1.94. The molecule has 1 heterocycles. The van der Waals surface area contributed by atoms with Crippen molar-refractivity contribution in [2.24, 2.45) is 5.73 Å². The molecule has 1 aromatic rings. The summed E-state index contributed by atoms with van der Waals surface area (Å²) >= 11 is 1.51. The lowest BCUT2D eigenvalue weighted by atomic mass is 10.3. The van der Waals surface area contributed by atoms with Crippen molar-refractivity contribution < 1.29 is 4.79 Å². The topological polar surface area (TPSA) is 43.1 Å². The van der Waals surface area contributed by atoms with Crippen LogP contribution in [-0.2, 0) is 0 Å². The molecule has 0 aliphatic rings. The summed E-state index contributed by atoms with van der Waals surface area (Å²) in [6, 6.07) is 3.81. The average Bonchev–Trinajstić information content (AvgIpc) is 2.53. The van der Waals surface area contributed by atoms with Gasteiger partial charge in [-0.1, -0.05) is 6.08 Å². The highest BCUT2D eigenvalue weighted by Gasteiger charge is 2.00. The van der Waals surface area contributed by atoms with Gasteiger partial charge in [0.2, 0.25) is 0 Å². The molecule has 13 heavy (non-hydrogen) atoms. The third-order valence-corrected chi connectivity index (χ3v) is 2.74. The van der Waals surface area contributed by atoms with E-state index in [0.717, 1.165) is 16.2 Å². The van der Waals surface area contributed by atoms with Crippen LogP contribution < -0.4 is 5.73 Å². The Morgan fingerprint density at radius 3 is 2.92 bits per heavy atom. The number of carbonyl (C=O) groups excluding carboxylic acids is 1. The zero-order valence-corrected chi connectivity index (χ0v) is 8.43. The van der Waals surface area contributed by atoms with E-state index in [0.29, 0.717) is 6.54 Å². The summed E-state index contributed by atoms with van der Waals surface area (Å²) in [5.41, 5.74) is 5.34. The monoisotopic (exact) mass is 195 g/mol. The van der Waals surface area contributed by atoms with E-state index in [1.165, 1.54) is 11.3 Å². The van der Waals surface area contributed by atoms with Gasteiger partial charge in [0, 0.05) is 4.88 Å². The van der Waals surface area contributed by atoms with Gasteiger partial charge in [-0.15, -0.1) is 11.3 Å². The van der Waals surface area contributed by atoms with Crippen LogP contribution in [0.25, 0.3) is 6.08 Å². The summed E-state index contributed by atoms with van der Waals surface area (Å²) in [4.78, 5) is 12.9. The van der Waals surface area contributed by atoms with Crippen LogP contribution in [0.5, 0.6) is 0 Å². The molecule has 0 fully saturated rings. The first-order valence-corrected chi connectivity index (χ1v) is 5.03. The zero-order valence-electron chi connectivity index (χ0n) is 7.62. The first kappa shape index (κ1) is 10.2. The molecule has 0 saturated carbocycles. The Bertz CT molecular complexity index is 314. The van der Waals surface area contributed by atoms with E-state index in [1.54, 1.807) is 6.92 Å². The number of hydrogen-bond acceptors (Lipinski definition) is 3. The second kappa shape index (κ2) is 4.94. The van der Waals surface area contributed by atoms with Gasteiger partial charge in [-0.2, -0.15) is 0 Å². The molecule has 3 heteroatoms. The van der Waals surface area contributed by atoms with Gasteiger partial charge in [0.1, 0.15) is 0 Å². The second-order valence-corrected chi connectivity index (χ2v) is 3.85. The van der Waals surface area contributed by atoms with Gasteiger partial charge in [0.05, 0.1) is 4.88 Å². The molecule has 0 unspecified atom stereocenters. The van der Waals surface area contributed by atoms with E-state index in [4.69, 9.17) is 5.73 Å². The highest BCUT2D eigenvalue weighted by molar-refractivity contribution is 7.14. The maximum atomic E-state index is 11.0. The van der Waals surface area contributed by atoms with Gasteiger partial charge in [-0.25, -0.2) is 0 Å². The molecule has 0 aromatic carbocycles. The number of carbonyl (C=O) groups is 1. The molecule has 0 aliphatic carbocycles. The van der Waals surface area contributed by atoms with Crippen LogP contribution in [0.2, 0.25) is 0 Å². The van der Waals surface area contributed by atoms with Crippen LogP contribution in [0, 0.1) is 0 Å². The maximum Gasteiger partial charge on any atom is 0.169 e. The van der Waals surface area contributed by atoms with Gasteiger partial charge >= 0.3 is 0 Å². The van der Waals surface area contributed by atoms with Crippen LogP contribution in [0.3, 0.4) is 0 Å². The molecule has 0 spiro atoms. The van der Waals surface area contributed by atoms with Crippen molar-refractivity contribution in [3.05, 3.63) is 28.0 Å². The molecule has 0 aliphatic heterocycles. The van der Waals surface area contributed by atoms with Crippen LogP contribution >= 0.6 is 11.3 Å². The number of rotatable bonds is 4. The summed E-state index contributed by atoms with van der Waals surface area (Å²) in [5.74, 6) is 0.128. The third kappa shape index (κ3) is 3.13. The van der Waals surface area contributed by atoms with Crippen LogP contribution in [0.4, 0.5) is 0 Å². The minimum absolute atomic E-state index is 0.128. The van der Waals surface area contributed by atoms with Crippen LogP contribution in [0.15, 0.2) is 18.2 Å². The summed E-state index contributed by atoms with van der Waals surface area (Å²) in [6.07, 6.45) is 4.91. The van der Waals surface area contributed by atoms with Crippen molar-refractivity contribution in [3.63, 3.8) is 0 Å². The molecule has 0 amide bonds. The summed E-state index contributed by atoms with van der Waals surface area (Å²) < 4.78 is 0. The largest absolute Gasteiger partial charge is 0.330 e.